The zero-order valence-electron chi connectivity index (χ0n) is 13.1. The second-order valence-corrected chi connectivity index (χ2v) is 7.04. The van der Waals surface area contributed by atoms with Gasteiger partial charge in [0.05, 0.1) is 17.8 Å². The van der Waals surface area contributed by atoms with Gasteiger partial charge < -0.3 is 5.32 Å². The summed E-state index contributed by atoms with van der Waals surface area (Å²) in [7, 11) is 0. The Morgan fingerprint density at radius 2 is 1.87 bits per heavy atom. The number of aryl methyl sites for hydroxylation is 1. The van der Waals surface area contributed by atoms with E-state index in [0.29, 0.717) is 5.56 Å². The molecule has 3 amide bonds. The minimum absolute atomic E-state index is 0.138. The summed E-state index contributed by atoms with van der Waals surface area (Å²) in [4.78, 5) is 37.8. The lowest BCUT2D eigenvalue weighted by Gasteiger charge is -2.36. The highest BCUT2D eigenvalue weighted by Gasteiger charge is 2.41. The Morgan fingerprint density at radius 3 is 2.52 bits per heavy atom. The smallest absolute Gasteiger partial charge is 0.289 e. The van der Waals surface area contributed by atoms with Crippen LogP contribution in [0.1, 0.15) is 41.6 Å². The van der Waals surface area contributed by atoms with Crippen LogP contribution in [0.5, 0.6) is 0 Å². The second-order valence-electron chi connectivity index (χ2n) is 6.12. The summed E-state index contributed by atoms with van der Waals surface area (Å²) in [6, 6.07) is 7.02. The highest BCUT2D eigenvalue weighted by atomic mass is 32.2. The molecule has 0 spiro atoms. The van der Waals surface area contributed by atoms with Gasteiger partial charge in [-0.3, -0.25) is 19.3 Å². The van der Waals surface area contributed by atoms with Crippen molar-refractivity contribution in [3.63, 3.8) is 0 Å². The van der Waals surface area contributed by atoms with Gasteiger partial charge in [-0.1, -0.05) is 42.3 Å². The number of rotatable bonds is 3. The van der Waals surface area contributed by atoms with Crippen molar-refractivity contribution in [1.29, 1.82) is 0 Å². The lowest BCUT2D eigenvalue weighted by Crippen LogP contribution is -2.54. The third-order valence-electron chi connectivity index (χ3n) is 4.48. The van der Waals surface area contributed by atoms with Crippen molar-refractivity contribution in [2.24, 2.45) is 0 Å². The lowest BCUT2D eigenvalue weighted by molar-refractivity contribution is -0.127. The molecule has 1 saturated heterocycles. The third-order valence-corrected chi connectivity index (χ3v) is 5.31. The molecule has 1 aliphatic carbocycles. The van der Waals surface area contributed by atoms with Gasteiger partial charge in [0, 0.05) is 5.56 Å². The molecule has 5 nitrogen and oxygen atoms in total. The minimum Gasteiger partial charge on any atom is -0.347 e. The van der Waals surface area contributed by atoms with Gasteiger partial charge in [0.15, 0.2) is 0 Å². The molecule has 1 N–H and O–H groups in total. The van der Waals surface area contributed by atoms with Gasteiger partial charge in [0.2, 0.25) is 5.91 Å². The molecular weight excluding hydrogens is 312 g/mol. The SMILES string of the molecule is Cc1ccc(C(=O)NC2CCCCC2N2C(=O)CSC2=O)cc1. The standard InChI is InChI=1S/C17H20N2O3S/c1-11-6-8-12(9-7-11)16(21)18-13-4-2-3-5-14(13)19-15(20)10-23-17(19)22/h6-9,13-14H,2-5,10H2,1H3,(H,18,21). The number of carbonyl (C=O) groups is 3. The van der Waals surface area contributed by atoms with Crippen LogP contribution < -0.4 is 5.32 Å². The van der Waals surface area contributed by atoms with Crippen molar-refractivity contribution in [2.75, 3.05) is 5.75 Å². The van der Waals surface area contributed by atoms with E-state index in [4.69, 9.17) is 0 Å². The van der Waals surface area contributed by atoms with E-state index in [-0.39, 0.29) is 34.9 Å². The molecule has 1 heterocycles. The molecule has 0 aromatic heterocycles. The van der Waals surface area contributed by atoms with Crippen LogP contribution in [-0.4, -0.2) is 39.8 Å². The van der Waals surface area contributed by atoms with Crippen LogP contribution in [0, 0.1) is 6.92 Å². The minimum atomic E-state index is -0.215. The lowest BCUT2D eigenvalue weighted by atomic mass is 9.89. The van der Waals surface area contributed by atoms with Gasteiger partial charge in [-0.2, -0.15) is 0 Å². The Kier molecular flexibility index (Phi) is 4.71. The number of carbonyl (C=O) groups excluding carboxylic acids is 3. The summed E-state index contributed by atoms with van der Waals surface area (Å²) >= 11 is 1.05. The molecule has 23 heavy (non-hydrogen) atoms. The fraction of sp³-hybridized carbons (Fsp3) is 0.471. The number of hydrogen-bond donors (Lipinski definition) is 1. The summed E-state index contributed by atoms with van der Waals surface area (Å²) in [6.07, 6.45) is 3.53. The van der Waals surface area contributed by atoms with Crippen molar-refractivity contribution in [2.45, 2.75) is 44.7 Å². The molecule has 1 aromatic carbocycles. The molecule has 122 valence electrons. The third kappa shape index (κ3) is 3.42. The summed E-state index contributed by atoms with van der Waals surface area (Å²) in [6.45, 7) is 1.97. The van der Waals surface area contributed by atoms with Crippen molar-refractivity contribution in [1.82, 2.24) is 10.2 Å². The molecule has 3 rings (SSSR count). The number of hydrogen-bond acceptors (Lipinski definition) is 4. The molecule has 0 radical (unpaired) electrons. The fourth-order valence-electron chi connectivity index (χ4n) is 3.23. The van der Waals surface area contributed by atoms with Crippen molar-refractivity contribution < 1.29 is 14.4 Å². The van der Waals surface area contributed by atoms with E-state index in [1.807, 2.05) is 19.1 Å². The number of imide groups is 1. The topological polar surface area (TPSA) is 66.5 Å². The number of benzene rings is 1. The second kappa shape index (κ2) is 6.74. The first-order valence-corrected chi connectivity index (χ1v) is 8.91. The van der Waals surface area contributed by atoms with Crippen molar-refractivity contribution in [3.05, 3.63) is 35.4 Å². The Hall–Kier alpha value is -1.82. The molecule has 2 unspecified atom stereocenters. The predicted octanol–water partition coefficient (Wildman–Crippen LogP) is 2.73. The highest BCUT2D eigenvalue weighted by molar-refractivity contribution is 8.14. The van der Waals surface area contributed by atoms with Crippen LogP contribution in [-0.2, 0) is 4.79 Å². The first-order valence-electron chi connectivity index (χ1n) is 7.92. The molecule has 6 heteroatoms. The van der Waals surface area contributed by atoms with Crippen LogP contribution >= 0.6 is 11.8 Å². The van der Waals surface area contributed by atoms with Gasteiger partial charge >= 0.3 is 0 Å². The van der Waals surface area contributed by atoms with Gasteiger partial charge in [-0.15, -0.1) is 0 Å². The normalized spacial score (nSPS) is 24.8. The van der Waals surface area contributed by atoms with Crippen LogP contribution in [0.3, 0.4) is 0 Å². The van der Waals surface area contributed by atoms with Gasteiger partial charge in [-0.25, -0.2) is 0 Å². The zero-order valence-corrected chi connectivity index (χ0v) is 13.9. The van der Waals surface area contributed by atoms with E-state index in [0.717, 1.165) is 43.0 Å². The van der Waals surface area contributed by atoms with Crippen LogP contribution in [0.2, 0.25) is 0 Å². The highest BCUT2D eigenvalue weighted by Crippen LogP contribution is 2.30. The van der Waals surface area contributed by atoms with Crippen molar-refractivity contribution >= 4 is 28.8 Å². The van der Waals surface area contributed by atoms with Crippen LogP contribution in [0.4, 0.5) is 4.79 Å². The Labute approximate surface area is 139 Å². The molecule has 2 aliphatic rings. The van der Waals surface area contributed by atoms with Crippen LogP contribution in [0.25, 0.3) is 0 Å². The van der Waals surface area contributed by atoms with Crippen molar-refractivity contribution in [3.8, 4) is 0 Å². The number of thioether (sulfide) groups is 1. The molecule has 1 aromatic rings. The summed E-state index contributed by atoms with van der Waals surface area (Å²) in [5.74, 6) is -0.0661. The van der Waals surface area contributed by atoms with E-state index < -0.39 is 0 Å². The molecule has 2 atom stereocenters. The number of amides is 3. The average Bonchev–Trinajstić information content (AvgIpc) is 2.87. The molecular formula is C17H20N2O3S. The van der Waals surface area contributed by atoms with Gasteiger partial charge in [0.25, 0.3) is 11.1 Å². The maximum Gasteiger partial charge on any atom is 0.289 e. The summed E-state index contributed by atoms with van der Waals surface area (Å²) < 4.78 is 0. The first kappa shape index (κ1) is 16.1. The maximum absolute atomic E-state index is 12.4. The molecule has 2 fully saturated rings. The van der Waals surface area contributed by atoms with Gasteiger partial charge in [0.1, 0.15) is 0 Å². The number of nitrogens with zero attached hydrogens (tertiary/aromatic N) is 1. The van der Waals surface area contributed by atoms with E-state index in [1.165, 1.54) is 4.90 Å². The van der Waals surface area contributed by atoms with E-state index in [2.05, 4.69) is 5.32 Å². The number of nitrogens with one attached hydrogen (secondary N) is 1. The Balaban J connectivity index is 1.74. The van der Waals surface area contributed by atoms with Crippen LogP contribution in [0.15, 0.2) is 24.3 Å². The molecule has 1 aliphatic heterocycles. The Morgan fingerprint density at radius 1 is 1.17 bits per heavy atom. The largest absolute Gasteiger partial charge is 0.347 e. The molecule has 1 saturated carbocycles. The summed E-state index contributed by atoms with van der Waals surface area (Å²) in [5, 5.41) is 2.84. The summed E-state index contributed by atoms with van der Waals surface area (Å²) in [5.41, 5.74) is 1.70. The predicted molar refractivity (Wildman–Crippen MR) is 89.4 cm³/mol. The fourth-order valence-corrected chi connectivity index (χ4v) is 3.99. The average molecular weight is 332 g/mol. The Bertz CT molecular complexity index is 613. The monoisotopic (exact) mass is 332 g/mol. The van der Waals surface area contributed by atoms with E-state index in [9.17, 15) is 14.4 Å². The van der Waals surface area contributed by atoms with Gasteiger partial charge in [-0.05, 0) is 31.9 Å². The maximum atomic E-state index is 12.4. The van der Waals surface area contributed by atoms with E-state index in [1.54, 1.807) is 12.1 Å². The van der Waals surface area contributed by atoms with E-state index >= 15 is 0 Å². The quantitative estimate of drug-likeness (QED) is 0.924. The first-order chi connectivity index (χ1) is 11.1. The molecule has 0 bridgehead atoms. The zero-order chi connectivity index (χ0) is 16.4.